The molecule has 0 spiro atoms. The van der Waals surface area contributed by atoms with Crippen molar-refractivity contribution in [1.29, 1.82) is 0 Å². The number of amides is 1. The van der Waals surface area contributed by atoms with Gasteiger partial charge >= 0.3 is 0 Å². The van der Waals surface area contributed by atoms with Crippen molar-refractivity contribution in [2.75, 3.05) is 49.6 Å². The lowest BCUT2D eigenvalue weighted by atomic mass is 10.2. The first-order valence-corrected chi connectivity index (χ1v) is 11.5. The molecule has 0 radical (unpaired) electrons. The van der Waals surface area contributed by atoms with Gasteiger partial charge in [-0.3, -0.25) is 19.1 Å². The molecule has 1 aliphatic heterocycles. The summed E-state index contributed by atoms with van der Waals surface area (Å²) >= 11 is 0. The average molecular weight is 450 g/mol. The van der Waals surface area contributed by atoms with E-state index in [1.807, 2.05) is 42.5 Å². The van der Waals surface area contributed by atoms with E-state index in [9.17, 15) is 9.59 Å². The molecule has 2 heterocycles. The normalized spacial score (nSPS) is 14.4. The van der Waals surface area contributed by atoms with Crippen LogP contribution in [0.3, 0.4) is 0 Å². The molecular weight excluding hydrogens is 418 g/mol. The predicted octanol–water partition coefficient (Wildman–Crippen LogP) is 2.71. The molecule has 33 heavy (non-hydrogen) atoms. The van der Waals surface area contributed by atoms with Crippen LogP contribution in [0, 0.1) is 0 Å². The number of fused-ring (bicyclic) bond motifs is 1. The SMILES string of the molecule is CCN(CC)c1ccc(NC(=O)Cn2c(CN3CCOCC3)nc3ccccc3c2=O)cc1. The fourth-order valence-electron chi connectivity index (χ4n) is 4.15. The van der Waals surface area contributed by atoms with E-state index in [-0.39, 0.29) is 18.0 Å². The summed E-state index contributed by atoms with van der Waals surface area (Å²) in [5.74, 6) is 0.334. The van der Waals surface area contributed by atoms with Crippen molar-refractivity contribution in [3.05, 3.63) is 64.7 Å². The summed E-state index contributed by atoms with van der Waals surface area (Å²) in [6, 6.07) is 15.0. The van der Waals surface area contributed by atoms with Crippen LogP contribution in [0.4, 0.5) is 11.4 Å². The second kappa shape index (κ2) is 10.6. The van der Waals surface area contributed by atoms with E-state index < -0.39 is 0 Å². The summed E-state index contributed by atoms with van der Waals surface area (Å²) in [4.78, 5) is 35.3. The van der Waals surface area contributed by atoms with Crippen molar-refractivity contribution in [3.63, 3.8) is 0 Å². The molecule has 1 aliphatic rings. The maximum atomic E-state index is 13.3. The molecule has 1 amide bonds. The van der Waals surface area contributed by atoms with Crippen LogP contribution in [0.5, 0.6) is 0 Å². The number of nitrogens with one attached hydrogen (secondary N) is 1. The summed E-state index contributed by atoms with van der Waals surface area (Å²) in [5.41, 5.74) is 2.26. The van der Waals surface area contributed by atoms with Gasteiger partial charge in [-0.25, -0.2) is 4.98 Å². The lowest BCUT2D eigenvalue weighted by Crippen LogP contribution is -2.39. The number of benzene rings is 2. The van der Waals surface area contributed by atoms with Gasteiger partial charge in [0.2, 0.25) is 5.91 Å². The molecular formula is C25H31N5O3. The monoisotopic (exact) mass is 449 g/mol. The molecule has 0 saturated carbocycles. The fraction of sp³-hybridized carbons (Fsp3) is 0.400. The second-order valence-corrected chi connectivity index (χ2v) is 8.09. The second-order valence-electron chi connectivity index (χ2n) is 8.09. The van der Waals surface area contributed by atoms with Crippen LogP contribution in [-0.2, 0) is 22.6 Å². The highest BCUT2D eigenvalue weighted by Crippen LogP contribution is 2.18. The third-order valence-electron chi connectivity index (χ3n) is 5.99. The van der Waals surface area contributed by atoms with Crippen LogP contribution < -0.4 is 15.8 Å². The molecule has 1 N–H and O–H groups in total. The van der Waals surface area contributed by atoms with Gasteiger partial charge < -0.3 is 15.0 Å². The Balaban J connectivity index is 1.56. The highest BCUT2D eigenvalue weighted by molar-refractivity contribution is 5.91. The number of nitrogens with zero attached hydrogens (tertiary/aromatic N) is 4. The van der Waals surface area contributed by atoms with Crippen molar-refractivity contribution >= 4 is 28.2 Å². The van der Waals surface area contributed by atoms with E-state index in [1.54, 1.807) is 6.07 Å². The van der Waals surface area contributed by atoms with E-state index in [2.05, 4.69) is 29.0 Å². The molecule has 0 aliphatic carbocycles. The van der Waals surface area contributed by atoms with Crippen molar-refractivity contribution < 1.29 is 9.53 Å². The first-order valence-electron chi connectivity index (χ1n) is 11.5. The quantitative estimate of drug-likeness (QED) is 0.570. The molecule has 0 unspecified atom stereocenters. The van der Waals surface area contributed by atoms with Crippen LogP contribution in [-0.4, -0.2) is 59.8 Å². The van der Waals surface area contributed by atoms with Gasteiger partial charge in [-0.2, -0.15) is 0 Å². The number of rotatable bonds is 8. The zero-order chi connectivity index (χ0) is 23.2. The predicted molar refractivity (Wildman–Crippen MR) is 131 cm³/mol. The minimum atomic E-state index is -0.256. The van der Waals surface area contributed by atoms with E-state index in [4.69, 9.17) is 9.72 Å². The first kappa shape index (κ1) is 22.9. The van der Waals surface area contributed by atoms with Gasteiger partial charge in [0.05, 0.1) is 30.7 Å². The Bertz CT molecular complexity index is 1150. The maximum absolute atomic E-state index is 13.3. The molecule has 1 fully saturated rings. The standard InChI is InChI=1S/C25H31N5O3/c1-3-29(4-2)20-11-9-19(10-12-20)26-24(31)18-30-23(17-28-13-15-33-16-14-28)27-22-8-6-5-7-21(22)25(30)32/h5-12H,3-4,13-18H2,1-2H3,(H,26,31). The smallest absolute Gasteiger partial charge is 0.261 e. The van der Waals surface area contributed by atoms with Crippen molar-refractivity contribution in [1.82, 2.24) is 14.5 Å². The lowest BCUT2D eigenvalue weighted by Gasteiger charge is -2.27. The number of anilines is 2. The average Bonchev–Trinajstić information content (AvgIpc) is 2.84. The van der Waals surface area contributed by atoms with Crippen molar-refractivity contribution in [2.45, 2.75) is 26.9 Å². The number of para-hydroxylation sites is 1. The number of hydrogen-bond acceptors (Lipinski definition) is 6. The summed E-state index contributed by atoms with van der Waals surface area (Å²) in [7, 11) is 0. The molecule has 0 bridgehead atoms. The Morgan fingerprint density at radius 2 is 1.76 bits per heavy atom. The van der Waals surface area contributed by atoms with Gasteiger partial charge in [-0.05, 0) is 50.2 Å². The van der Waals surface area contributed by atoms with Gasteiger partial charge in [-0.15, -0.1) is 0 Å². The Morgan fingerprint density at radius 1 is 1.06 bits per heavy atom. The molecule has 1 saturated heterocycles. The topological polar surface area (TPSA) is 79.7 Å². The van der Waals surface area contributed by atoms with E-state index >= 15 is 0 Å². The number of carbonyl (C=O) groups is 1. The highest BCUT2D eigenvalue weighted by atomic mass is 16.5. The van der Waals surface area contributed by atoms with Crippen LogP contribution in [0.2, 0.25) is 0 Å². The molecule has 1 aromatic heterocycles. The molecule has 4 rings (SSSR count). The van der Waals surface area contributed by atoms with E-state index in [1.165, 1.54) is 4.57 Å². The van der Waals surface area contributed by atoms with Crippen LogP contribution in [0.25, 0.3) is 10.9 Å². The highest BCUT2D eigenvalue weighted by Gasteiger charge is 2.18. The van der Waals surface area contributed by atoms with Gasteiger partial charge in [0.1, 0.15) is 12.4 Å². The Labute approximate surface area is 193 Å². The Hall–Kier alpha value is -3.23. The largest absolute Gasteiger partial charge is 0.379 e. The van der Waals surface area contributed by atoms with Crippen LogP contribution >= 0.6 is 0 Å². The first-order chi connectivity index (χ1) is 16.1. The zero-order valence-electron chi connectivity index (χ0n) is 19.3. The van der Waals surface area contributed by atoms with Gasteiger partial charge in [0.25, 0.3) is 5.56 Å². The number of aromatic nitrogens is 2. The summed E-state index contributed by atoms with van der Waals surface area (Å²) < 4.78 is 6.93. The molecule has 8 nitrogen and oxygen atoms in total. The molecule has 174 valence electrons. The zero-order valence-corrected chi connectivity index (χ0v) is 19.3. The Morgan fingerprint density at radius 3 is 2.45 bits per heavy atom. The fourth-order valence-corrected chi connectivity index (χ4v) is 4.15. The number of carbonyl (C=O) groups excluding carboxylic acids is 1. The van der Waals surface area contributed by atoms with Crippen LogP contribution in [0.1, 0.15) is 19.7 Å². The molecule has 8 heteroatoms. The Kier molecular flexibility index (Phi) is 7.36. The molecule has 0 atom stereocenters. The number of morpholine rings is 1. The summed E-state index contributed by atoms with van der Waals surface area (Å²) in [5, 5.41) is 3.43. The molecule has 2 aromatic carbocycles. The third kappa shape index (κ3) is 5.40. The van der Waals surface area contributed by atoms with Crippen LogP contribution in [0.15, 0.2) is 53.3 Å². The van der Waals surface area contributed by atoms with E-state index in [0.717, 1.165) is 31.9 Å². The van der Waals surface area contributed by atoms with Gasteiger partial charge in [0, 0.05) is 37.6 Å². The lowest BCUT2D eigenvalue weighted by molar-refractivity contribution is -0.116. The van der Waals surface area contributed by atoms with Gasteiger partial charge in [0.15, 0.2) is 0 Å². The van der Waals surface area contributed by atoms with Gasteiger partial charge in [-0.1, -0.05) is 12.1 Å². The third-order valence-corrected chi connectivity index (χ3v) is 5.99. The molecule has 3 aromatic rings. The summed E-state index contributed by atoms with van der Waals surface area (Å²) in [6.45, 7) is 9.33. The number of hydrogen-bond donors (Lipinski definition) is 1. The summed E-state index contributed by atoms with van der Waals surface area (Å²) in [6.07, 6.45) is 0. The number of ether oxygens (including phenoxy) is 1. The van der Waals surface area contributed by atoms with Crippen molar-refractivity contribution in [3.8, 4) is 0 Å². The minimum Gasteiger partial charge on any atom is -0.379 e. The maximum Gasteiger partial charge on any atom is 0.261 e. The van der Waals surface area contributed by atoms with Crippen molar-refractivity contribution in [2.24, 2.45) is 0 Å². The van der Waals surface area contributed by atoms with E-state index in [0.29, 0.717) is 42.2 Å². The minimum absolute atomic E-state index is 0.0891.